The molecule has 0 aliphatic rings. The van der Waals surface area contributed by atoms with Gasteiger partial charge in [-0.3, -0.25) is 4.98 Å². The Hall–Kier alpha value is -2.57. The molecule has 0 aromatic carbocycles. The highest BCUT2D eigenvalue weighted by Gasteiger charge is 2.16. The Bertz CT molecular complexity index is 751. The van der Waals surface area contributed by atoms with Gasteiger partial charge < -0.3 is 5.73 Å². The molecule has 0 radical (unpaired) electrons. The van der Waals surface area contributed by atoms with Crippen molar-refractivity contribution in [1.82, 2.24) is 20.2 Å². The molecule has 2 heterocycles. The van der Waals surface area contributed by atoms with Crippen molar-refractivity contribution in [3.8, 4) is 11.8 Å². The van der Waals surface area contributed by atoms with Crippen LogP contribution in [0.3, 0.4) is 0 Å². The van der Waals surface area contributed by atoms with Crippen LogP contribution >= 0.6 is 0 Å². The molecule has 8 nitrogen and oxygen atoms in total. The van der Waals surface area contributed by atoms with Gasteiger partial charge in [0.15, 0.2) is 0 Å². The quantitative estimate of drug-likeness (QED) is 0.722. The van der Waals surface area contributed by atoms with Crippen molar-refractivity contribution in [3.63, 3.8) is 0 Å². The van der Waals surface area contributed by atoms with Crippen molar-refractivity contribution >= 4 is 16.0 Å². The molecule has 0 atom stereocenters. The molecule has 0 saturated carbocycles. The Kier molecular flexibility index (Phi) is 4.19. The van der Waals surface area contributed by atoms with Gasteiger partial charge in [-0.25, -0.2) is 18.1 Å². The smallest absolute Gasteiger partial charge is 0.265 e. The summed E-state index contributed by atoms with van der Waals surface area (Å²) in [5, 5.41) is 7.07. The zero-order valence-electron chi connectivity index (χ0n) is 10.2. The summed E-state index contributed by atoms with van der Waals surface area (Å²) in [4.78, 5) is 7.51. The van der Waals surface area contributed by atoms with E-state index in [1.165, 1.54) is 30.9 Å². The Morgan fingerprint density at radius 3 is 2.85 bits per heavy atom. The van der Waals surface area contributed by atoms with E-state index in [2.05, 4.69) is 36.7 Å². The average Bonchev–Trinajstić information content (AvgIpc) is 2.46. The van der Waals surface area contributed by atoms with Crippen molar-refractivity contribution in [3.05, 3.63) is 36.4 Å². The summed E-state index contributed by atoms with van der Waals surface area (Å²) in [6.45, 7) is 0.179. The maximum Gasteiger partial charge on any atom is 0.265 e. The van der Waals surface area contributed by atoms with Crippen LogP contribution in [0.15, 0.2) is 35.7 Å². The standard InChI is InChI=1S/C11H10N6O2S/c12-3-1-2-9-6-10(8-13-7-9)20(18,19)17-11-14-4-5-15-16-11/h4-8H,3,12H2,(H,14,16,17). The second kappa shape index (κ2) is 6.05. The van der Waals surface area contributed by atoms with E-state index >= 15 is 0 Å². The fraction of sp³-hybridized carbons (Fsp3) is 0.0909. The van der Waals surface area contributed by atoms with Crippen LogP contribution in [-0.2, 0) is 10.0 Å². The van der Waals surface area contributed by atoms with E-state index in [-0.39, 0.29) is 17.4 Å². The molecule has 3 N–H and O–H groups in total. The number of anilines is 1. The number of hydrogen-bond donors (Lipinski definition) is 2. The van der Waals surface area contributed by atoms with Crippen LogP contribution in [0.25, 0.3) is 0 Å². The summed E-state index contributed by atoms with van der Waals surface area (Å²) >= 11 is 0. The third-order valence-corrected chi connectivity index (χ3v) is 3.36. The van der Waals surface area contributed by atoms with Gasteiger partial charge in [-0.2, -0.15) is 5.10 Å². The van der Waals surface area contributed by atoms with Crippen molar-refractivity contribution < 1.29 is 8.42 Å². The molecule has 0 aliphatic heterocycles. The fourth-order valence-electron chi connectivity index (χ4n) is 1.26. The number of nitrogens with two attached hydrogens (primary N) is 1. The van der Waals surface area contributed by atoms with Crippen molar-refractivity contribution in [2.24, 2.45) is 5.73 Å². The zero-order valence-corrected chi connectivity index (χ0v) is 11.0. The molecule has 0 aliphatic carbocycles. The van der Waals surface area contributed by atoms with Gasteiger partial charge in [-0.15, -0.1) is 5.10 Å². The second-order valence-electron chi connectivity index (χ2n) is 3.49. The van der Waals surface area contributed by atoms with Gasteiger partial charge in [0, 0.05) is 18.0 Å². The van der Waals surface area contributed by atoms with E-state index in [4.69, 9.17) is 5.73 Å². The first kappa shape index (κ1) is 13.9. The van der Waals surface area contributed by atoms with Crippen LogP contribution in [0, 0.1) is 11.8 Å². The molecule has 0 saturated heterocycles. The predicted octanol–water partition coefficient (Wildman–Crippen LogP) is -0.622. The van der Waals surface area contributed by atoms with E-state index in [9.17, 15) is 8.42 Å². The third-order valence-electron chi connectivity index (χ3n) is 2.07. The highest BCUT2D eigenvalue weighted by atomic mass is 32.2. The minimum atomic E-state index is -3.84. The number of nitrogens with one attached hydrogen (secondary N) is 1. The topological polar surface area (TPSA) is 124 Å². The van der Waals surface area contributed by atoms with Crippen LogP contribution in [0.1, 0.15) is 5.56 Å². The highest BCUT2D eigenvalue weighted by molar-refractivity contribution is 7.92. The molecule has 0 spiro atoms. The molecule has 2 aromatic heterocycles. The van der Waals surface area contributed by atoms with Crippen molar-refractivity contribution in [2.75, 3.05) is 11.3 Å². The minimum absolute atomic E-state index is 0.0474. The van der Waals surface area contributed by atoms with Crippen LogP contribution < -0.4 is 10.5 Å². The summed E-state index contributed by atoms with van der Waals surface area (Å²) in [6.07, 6.45) is 5.31. The summed E-state index contributed by atoms with van der Waals surface area (Å²) in [6, 6.07) is 1.38. The zero-order chi connectivity index (χ0) is 14.4. The van der Waals surface area contributed by atoms with Gasteiger partial charge in [0.05, 0.1) is 18.9 Å². The molecule has 0 amide bonds. The minimum Gasteiger partial charge on any atom is -0.320 e. The van der Waals surface area contributed by atoms with Crippen LogP contribution in [0.5, 0.6) is 0 Å². The molecule has 20 heavy (non-hydrogen) atoms. The lowest BCUT2D eigenvalue weighted by atomic mass is 10.3. The molecule has 2 rings (SSSR count). The monoisotopic (exact) mass is 290 g/mol. The SMILES string of the molecule is NCC#Cc1cncc(S(=O)(=O)Nc2nccnn2)c1. The van der Waals surface area contributed by atoms with Gasteiger partial charge in [0.25, 0.3) is 16.0 Å². The van der Waals surface area contributed by atoms with Crippen molar-refractivity contribution in [2.45, 2.75) is 4.90 Å². The number of sulfonamides is 1. The normalized spacial score (nSPS) is 10.4. The lowest BCUT2D eigenvalue weighted by molar-refractivity contribution is 0.600. The summed E-state index contributed by atoms with van der Waals surface area (Å²) in [5.41, 5.74) is 5.70. The molecular weight excluding hydrogens is 280 g/mol. The van der Waals surface area contributed by atoms with Gasteiger partial charge in [-0.05, 0) is 6.07 Å². The van der Waals surface area contributed by atoms with Gasteiger partial charge in [0.2, 0.25) is 0 Å². The summed E-state index contributed by atoms with van der Waals surface area (Å²) in [7, 11) is -3.84. The number of aromatic nitrogens is 4. The molecule has 102 valence electrons. The van der Waals surface area contributed by atoms with E-state index in [1.54, 1.807) is 0 Å². The maximum absolute atomic E-state index is 12.1. The number of hydrogen-bond acceptors (Lipinski definition) is 7. The molecular formula is C11H10N6O2S. The Balaban J connectivity index is 2.30. The maximum atomic E-state index is 12.1. The first-order chi connectivity index (χ1) is 9.62. The lowest BCUT2D eigenvalue weighted by Gasteiger charge is -2.05. The van der Waals surface area contributed by atoms with Gasteiger partial charge in [-0.1, -0.05) is 11.8 Å². The summed E-state index contributed by atoms with van der Waals surface area (Å²) < 4.78 is 26.4. The summed E-state index contributed by atoms with van der Waals surface area (Å²) in [5.74, 6) is 5.21. The van der Waals surface area contributed by atoms with Gasteiger partial charge in [0.1, 0.15) is 4.90 Å². The first-order valence-electron chi connectivity index (χ1n) is 5.42. The van der Waals surface area contributed by atoms with Crippen LogP contribution in [-0.4, -0.2) is 35.1 Å². The fourth-order valence-corrected chi connectivity index (χ4v) is 2.19. The molecule has 9 heteroatoms. The third kappa shape index (κ3) is 3.47. The number of rotatable bonds is 3. The largest absolute Gasteiger partial charge is 0.320 e. The highest BCUT2D eigenvalue weighted by Crippen LogP contribution is 2.12. The molecule has 2 aromatic rings. The van der Waals surface area contributed by atoms with E-state index < -0.39 is 10.0 Å². The average molecular weight is 290 g/mol. The van der Waals surface area contributed by atoms with E-state index in [0.717, 1.165) is 0 Å². The molecule has 0 unspecified atom stereocenters. The molecule has 0 fully saturated rings. The molecule has 0 bridgehead atoms. The second-order valence-corrected chi connectivity index (χ2v) is 5.17. The van der Waals surface area contributed by atoms with Crippen LogP contribution in [0.2, 0.25) is 0 Å². The number of pyridine rings is 1. The van der Waals surface area contributed by atoms with E-state index in [1.807, 2.05) is 0 Å². The van der Waals surface area contributed by atoms with E-state index in [0.29, 0.717) is 5.56 Å². The van der Waals surface area contributed by atoms with Crippen LogP contribution in [0.4, 0.5) is 5.95 Å². The first-order valence-corrected chi connectivity index (χ1v) is 6.90. The number of nitrogens with zero attached hydrogens (tertiary/aromatic N) is 4. The van der Waals surface area contributed by atoms with Gasteiger partial charge >= 0.3 is 0 Å². The predicted molar refractivity (Wildman–Crippen MR) is 70.8 cm³/mol. The Morgan fingerprint density at radius 1 is 1.30 bits per heavy atom. The lowest BCUT2D eigenvalue weighted by Crippen LogP contribution is -2.15. The van der Waals surface area contributed by atoms with Crippen molar-refractivity contribution in [1.29, 1.82) is 0 Å². The Morgan fingerprint density at radius 2 is 2.15 bits per heavy atom. The Labute approximate surface area is 115 Å².